The van der Waals surface area contributed by atoms with Gasteiger partial charge in [-0.05, 0) is 96.4 Å². The number of pyridine rings is 1. The topological polar surface area (TPSA) is 74.7 Å². The van der Waals surface area contributed by atoms with Crippen LogP contribution in [-0.4, -0.2) is 53.9 Å². The summed E-state index contributed by atoms with van der Waals surface area (Å²) in [7, 11) is 1.72. The molecule has 1 saturated carbocycles. The highest BCUT2D eigenvalue weighted by atomic mass is 19.1. The Hall–Kier alpha value is -2.74. The van der Waals surface area contributed by atoms with Crippen molar-refractivity contribution < 1.29 is 23.4 Å². The highest BCUT2D eigenvalue weighted by molar-refractivity contribution is 5.76. The number of aliphatic carboxylic acids is 1. The molecule has 1 aliphatic carbocycles. The summed E-state index contributed by atoms with van der Waals surface area (Å²) in [6.07, 6.45) is 10.9. The third kappa shape index (κ3) is 7.76. The smallest absolute Gasteiger partial charge is 0.325 e. The molecule has 0 aromatic carbocycles. The number of carbonyl (C=O) groups is 1. The molecule has 4 rings (SSSR count). The first-order chi connectivity index (χ1) is 19.7. The Labute approximate surface area is 243 Å². The number of hydrogen-bond donors (Lipinski definition) is 2. The first-order valence-corrected chi connectivity index (χ1v) is 15.3. The highest BCUT2D eigenvalue weighted by Crippen LogP contribution is 2.41. The van der Waals surface area contributed by atoms with E-state index in [9.17, 15) is 14.3 Å². The Bertz CT molecular complexity index is 1170. The van der Waals surface area contributed by atoms with Crippen LogP contribution in [0.25, 0.3) is 0 Å². The molecule has 3 atom stereocenters. The molecule has 0 radical (unpaired) electrons. The van der Waals surface area contributed by atoms with Crippen molar-refractivity contribution in [2.45, 2.75) is 103 Å². The van der Waals surface area contributed by atoms with Crippen LogP contribution in [0.1, 0.15) is 108 Å². The maximum atomic E-state index is 15.4. The number of alkyl halides is 1. The Morgan fingerprint density at radius 3 is 2.68 bits per heavy atom. The monoisotopic (exact) mass is 571 g/mol. The third-order valence-corrected chi connectivity index (χ3v) is 9.16. The van der Waals surface area contributed by atoms with Gasteiger partial charge in [0.2, 0.25) is 0 Å². The standard InChI is InChI=1S/C33H47F2N3O3/c1-21(2)24(17-30(41-4)27-12-8-15-36-22(27)3)9-5-6-13-29(35)25-14-16-38(20-25)32(33(39)40)28-18-26(34)19-37-31(28)23-10-7-11-23/h17-19,23,25,29,32,36H,5-16,20H2,1-4H3,(H,39,40)/b30-17+/t25-,29?,32?/m1/s1. The van der Waals surface area contributed by atoms with E-state index in [0.29, 0.717) is 37.2 Å². The zero-order valence-electron chi connectivity index (χ0n) is 25.1. The Balaban J connectivity index is 1.33. The molecule has 2 N–H and O–H groups in total. The molecule has 8 heteroatoms. The Morgan fingerprint density at radius 1 is 1.27 bits per heavy atom. The number of hydrogen-bond acceptors (Lipinski definition) is 5. The van der Waals surface area contributed by atoms with Gasteiger partial charge in [0.25, 0.3) is 0 Å². The number of nitrogens with one attached hydrogen (secondary N) is 1. The van der Waals surface area contributed by atoms with E-state index in [4.69, 9.17) is 4.74 Å². The average molecular weight is 572 g/mol. The van der Waals surface area contributed by atoms with Crippen LogP contribution in [0.4, 0.5) is 8.78 Å². The van der Waals surface area contributed by atoms with E-state index in [0.717, 1.165) is 63.7 Å². The number of nitrogens with zero attached hydrogens (tertiary/aromatic N) is 2. The van der Waals surface area contributed by atoms with Crippen molar-refractivity contribution in [1.29, 1.82) is 0 Å². The number of aromatic nitrogens is 1. The molecular weight excluding hydrogens is 524 g/mol. The van der Waals surface area contributed by atoms with Crippen molar-refractivity contribution in [2.24, 2.45) is 5.92 Å². The lowest BCUT2D eigenvalue weighted by Crippen LogP contribution is -2.35. The minimum atomic E-state index is -1.03. The van der Waals surface area contributed by atoms with Gasteiger partial charge >= 0.3 is 5.97 Å². The second kappa shape index (κ2) is 14.4. The van der Waals surface area contributed by atoms with Crippen LogP contribution >= 0.6 is 0 Å². The van der Waals surface area contributed by atoms with E-state index in [1.807, 2.05) is 4.90 Å². The molecule has 6 nitrogen and oxygen atoms in total. The number of halogens is 2. The van der Waals surface area contributed by atoms with Crippen LogP contribution in [-0.2, 0) is 9.53 Å². The predicted molar refractivity (Wildman–Crippen MR) is 158 cm³/mol. The second-order valence-electron chi connectivity index (χ2n) is 12.2. The minimum absolute atomic E-state index is 0.181. The molecule has 3 aliphatic rings. The number of likely N-dealkylation sites (tertiary alicyclic amines) is 1. The van der Waals surface area contributed by atoms with Gasteiger partial charge in [-0.15, -0.1) is 0 Å². The molecule has 1 aromatic heterocycles. The van der Waals surface area contributed by atoms with Crippen molar-refractivity contribution in [3.63, 3.8) is 0 Å². The van der Waals surface area contributed by atoms with E-state index in [2.05, 4.69) is 37.1 Å². The quantitative estimate of drug-likeness (QED) is 0.146. The van der Waals surface area contributed by atoms with Crippen molar-refractivity contribution in [3.8, 4) is 0 Å². The van der Waals surface area contributed by atoms with Gasteiger partial charge < -0.3 is 15.2 Å². The third-order valence-electron chi connectivity index (χ3n) is 9.16. The van der Waals surface area contributed by atoms with Crippen LogP contribution in [0.5, 0.6) is 0 Å². The molecule has 2 unspecified atom stereocenters. The zero-order valence-corrected chi connectivity index (χ0v) is 25.1. The first-order valence-electron chi connectivity index (χ1n) is 15.3. The van der Waals surface area contributed by atoms with Gasteiger partial charge in [0, 0.05) is 47.5 Å². The normalized spacial score (nSPS) is 21.7. The van der Waals surface area contributed by atoms with Gasteiger partial charge in [0.15, 0.2) is 0 Å². The maximum Gasteiger partial charge on any atom is 0.325 e. The van der Waals surface area contributed by atoms with Gasteiger partial charge in [0.05, 0.1) is 13.3 Å². The summed E-state index contributed by atoms with van der Waals surface area (Å²) in [6, 6.07) is 0.332. The van der Waals surface area contributed by atoms with E-state index in [1.54, 1.807) is 7.11 Å². The molecule has 2 fully saturated rings. The number of allylic oxidation sites excluding steroid dienone is 5. The molecule has 3 heterocycles. The molecule has 1 saturated heterocycles. The van der Waals surface area contributed by atoms with Crippen molar-refractivity contribution in [1.82, 2.24) is 15.2 Å². The van der Waals surface area contributed by atoms with Crippen molar-refractivity contribution in [3.05, 3.63) is 63.6 Å². The number of carboxylic acid groups (broad SMARTS) is 1. The fourth-order valence-corrected chi connectivity index (χ4v) is 6.47. The number of carboxylic acids is 1. The van der Waals surface area contributed by atoms with Crippen molar-refractivity contribution >= 4 is 5.97 Å². The summed E-state index contributed by atoms with van der Waals surface area (Å²) in [5, 5.41) is 13.6. The van der Waals surface area contributed by atoms with Gasteiger partial charge in [-0.2, -0.15) is 0 Å². The SMILES string of the molecule is CO/C(=C/C(CCCCC(F)[C@@H]1CCN(C(C(=O)O)c2cc(F)cnc2C2CCC2)C1)=C(C)C)C1=C(C)NCCC1. The zero-order chi connectivity index (χ0) is 29.5. The van der Waals surface area contributed by atoms with Gasteiger partial charge in [-0.3, -0.25) is 14.7 Å². The van der Waals surface area contributed by atoms with Gasteiger partial charge in [-0.1, -0.05) is 18.4 Å². The summed E-state index contributed by atoms with van der Waals surface area (Å²) in [6.45, 7) is 8.14. The van der Waals surface area contributed by atoms with Gasteiger partial charge in [0.1, 0.15) is 23.8 Å². The molecule has 41 heavy (non-hydrogen) atoms. The molecule has 2 aliphatic heterocycles. The Kier molecular flexibility index (Phi) is 11.0. The molecular formula is C33H47F2N3O3. The van der Waals surface area contributed by atoms with Crippen LogP contribution < -0.4 is 5.32 Å². The minimum Gasteiger partial charge on any atom is -0.496 e. The molecule has 226 valence electrons. The van der Waals surface area contributed by atoms with Crippen LogP contribution in [0.2, 0.25) is 0 Å². The van der Waals surface area contributed by atoms with E-state index in [-0.39, 0.29) is 11.8 Å². The molecule has 0 amide bonds. The summed E-state index contributed by atoms with van der Waals surface area (Å²) >= 11 is 0. The second-order valence-corrected chi connectivity index (χ2v) is 12.2. The van der Waals surface area contributed by atoms with E-state index < -0.39 is 24.0 Å². The maximum absolute atomic E-state index is 15.4. The summed E-state index contributed by atoms with van der Waals surface area (Å²) in [4.78, 5) is 18.5. The number of ether oxygens (including phenoxy) is 1. The fourth-order valence-electron chi connectivity index (χ4n) is 6.47. The number of unbranched alkanes of at least 4 members (excludes halogenated alkanes) is 1. The summed E-state index contributed by atoms with van der Waals surface area (Å²) in [5.74, 6) is -0.689. The lowest BCUT2D eigenvalue weighted by atomic mass is 9.80. The largest absolute Gasteiger partial charge is 0.496 e. The lowest BCUT2D eigenvalue weighted by Gasteiger charge is -2.31. The molecule has 0 bridgehead atoms. The van der Waals surface area contributed by atoms with E-state index in [1.165, 1.54) is 34.7 Å². The van der Waals surface area contributed by atoms with Gasteiger partial charge in [-0.25, -0.2) is 8.78 Å². The number of methoxy groups -OCH3 is 1. The lowest BCUT2D eigenvalue weighted by molar-refractivity contribution is -0.143. The Morgan fingerprint density at radius 2 is 2.05 bits per heavy atom. The highest BCUT2D eigenvalue weighted by Gasteiger charge is 2.39. The van der Waals surface area contributed by atoms with E-state index >= 15 is 4.39 Å². The van der Waals surface area contributed by atoms with Crippen molar-refractivity contribution in [2.75, 3.05) is 26.7 Å². The summed E-state index contributed by atoms with van der Waals surface area (Å²) in [5.41, 5.74) is 5.98. The fraction of sp³-hybridized carbons (Fsp3) is 0.636. The summed E-state index contributed by atoms with van der Waals surface area (Å²) < 4.78 is 35.4. The van der Waals surface area contributed by atoms with Crippen LogP contribution in [0.15, 0.2) is 46.5 Å². The van der Waals surface area contributed by atoms with Crippen LogP contribution in [0.3, 0.4) is 0 Å². The predicted octanol–water partition coefficient (Wildman–Crippen LogP) is 7.36. The first kappa shape index (κ1) is 31.2. The molecule has 1 aromatic rings. The molecule has 0 spiro atoms. The average Bonchev–Trinajstić information content (AvgIpc) is 3.38. The van der Waals surface area contributed by atoms with Crippen LogP contribution in [0, 0.1) is 11.7 Å². The number of rotatable bonds is 13.